The van der Waals surface area contributed by atoms with Crippen molar-refractivity contribution < 1.29 is 16.8 Å². The van der Waals surface area contributed by atoms with Gasteiger partial charge in [-0.05, 0) is 44.0 Å². The van der Waals surface area contributed by atoms with Crippen molar-refractivity contribution in [1.29, 1.82) is 0 Å². The van der Waals surface area contributed by atoms with Gasteiger partial charge < -0.3 is 0 Å². The quantitative estimate of drug-likeness (QED) is 0.862. The molecule has 1 aromatic rings. The number of benzene rings is 1. The lowest BCUT2D eigenvalue weighted by Crippen LogP contribution is -2.46. The monoisotopic (exact) mass is 381 g/mol. The van der Waals surface area contributed by atoms with Gasteiger partial charge >= 0.3 is 0 Å². The maximum atomic E-state index is 12.3. The molecule has 1 aliphatic heterocycles. The fraction of sp³-hybridized carbons (Fsp3) is 0.500. The number of hydrogen-bond acceptors (Lipinski definition) is 4. The van der Waals surface area contributed by atoms with Crippen LogP contribution in [0.5, 0.6) is 0 Å². The predicted molar refractivity (Wildman–Crippen MR) is 80.9 cm³/mol. The molecule has 0 radical (unpaired) electrons. The topological polar surface area (TPSA) is 80.3 Å². The first-order chi connectivity index (χ1) is 9.03. The average Bonchev–Trinajstić information content (AvgIpc) is 2.55. The van der Waals surface area contributed by atoms with E-state index in [9.17, 15) is 16.8 Å². The van der Waals surface area contributed by atoms with Crippen LogP contribution in [0.15, 0.2) is 27.6 Å². The van der Waals surface area contributed by atoms with Crippen LogP contribution in [0, 0.1) is 6.92 Å². The molecule has 1 fully saturated rings. The summed E-state index contributed by atoms with van der Waals surface area (Å²) in [6.07, 6.45) is 0.296. The van der Waals surface area contributed by atoms with Crippen LogP contribution in [0.25, 0.3) is 0 Å². The van der Waals surface area contributed by atoms with Gasteiger partial charge in [-0.2, -0.15) is 0 Å². The first-order valence-corrected chi connectivity index (χ1v) is 10.1. The number of halogens is 1. The third kappa shape index (κ3) is 3.41. The van der Waals surface area contributed by atoms with Crippen molar-refractivity contribution in [1.82, 2.24) is 4.72 Å². The van der Waals surface area contributed by atoms with Gasteiger partial charge in [-0.1, -0.05) is 15.9 Å². The Labute approximate surface area is 127 Å². The Bertz CT molecular complexity index is 743. The lowest BCUT2D eigenvalue weighted by atomic mass is 10.0. The molecule has 2 rings (SSSR count). The van der Waals surface area contributed by atoms with Crippen LogP contribution in [-0.4, -0.2) is 33.9 Å². The van der Waals surface area contributed by atoms with Crippen molar-refractivity contribution >= 4 is 35.8 Å². The van der Waals surface area contributed by atoms with E-state index in [4.69, 9.17) is 0 Å². The molecule has 5 nitrogen and oxygen atoms in total. The molecule has 0 aliphatic carbocycles. The maximum Gasteiger partial charge on any atom is 0.241 e. The largest absolute Gasteiger partial charge is 0.241 e. The first kappa shape index (κ1) is 15.9. The lowest BCUT2D eigenvalue weighted by Gasteiger charge is -2.23. The van der Waals surface area contributed by atoms with E-state index in [0.29, 0.717) is 6.42 Å². The molecule has 0 aromatic heterocycles. The molecule has 20 heavy (non-hydrogen) atoms. The standard InChI is InChI=1S/C12H16BrNO4S2/c1-9-7-10(3-4-11(9)13)20(17,18)14-12(2)5-6-19(15,16)8-12/h3-4,7,14H,5-6,8H2,1-2H3/t12-/m0/s1. The third-order valence-electron chi connectivity index (χ3n) is 3.32. The molecule has 0 spiro atoms. The predicted octanol–water partition coefficient (Wildman–Crippen LogP) is 1.61. The molecule has 1 aliphatic rings. The highest BCUT2D eigenvalue weighted by Gasteiger charge is 2.41. The molecule has 1 aromatic carbocycles. The number of rotatable bonds is 3. The summed E-state index contributed by atoms with van der Waals surface area (Å²) >= 11 is 3.32. The van der Waals surface area contributed by atoms with E-state index in [2.05, 4.69) is 20.7 Å². The van der Waals surface area contributed by atoms with Gasteiger partial charge in [0, 0.05) is 10.0 Å². The van der Waals surface area contributed by atoms with Crippen molar-refractivity contribution in [3.05, 3.63) is 28.2 Å². The van der Waals surface area contributed by atoms with E-state index in [1.807, 2.05) is 0 Å². The normalized spacial score (nSPS) is 25.8. The lowest BCUT2D eigenvalue weighted by molar-refractivity contribution is 0.462. The van der Waals surface area contributed by atoms with Crippen molar-refractivity contribution in [2.45, 2.75) is 30.7 Å². The van der Waals surface area contributed by atoms with E-state index in [0.717, 1.165) is 10.0 Å². The SMILES string of the molecule is Cc1cc(S(=O)(=O)N[C@@]2(C)CCS(=O)(=O)C2)ccc1Br. The summed E-state index contributed by atoms with van der Waals surface area (Å²) in [6, 6.07) is 4.71. The molecule has 0 unspecified atom stereocenters. The Morgan fingerprint density at radius 2 is 2.00 bits per heavy atom. The summed E-state index contributed by atoms with van der Waals surface area (Å²) in [5.41, 5.74) is -0.129. The fourth-order valence-corrected chi connectivity index (χ4v) is 6.21. The van der Waals surface area contributed by atoms with Gasteiger partial charge in [-0.3, -0.25) is 0 Å². The first-order valence-electron chi connectivity index (χ1n) is 6.04. The van der Waals surface area contributed by atoms with Gasteiger partial charge in [0.25, 0.3) is 0 Å². The molecule has 0 bridgehead atoms. The summed E-state index contributed by atoms with van der Waals surface area (Å²) in [6.45, 7) is 3.42. The van der Waals surface area contributed by atoms with E-state index in [-0.39, 0.29) is 16.4 Å². The Morgan fingerprint density at radius 1 is 1.35 bits per heavy atom. The second-order valence-corrected chi connectivity index (χ2v) is 10.1. The number of sulfonamides is 1. The van der Waals surface area contributed by atoms with Crippen molar-refractivity contribution in [3.63, 3.8) is 0 Å². The molecule has 112 valence electrons. The molecule has 0 amide bonds. The zero-order chi connectivity index (χ0) is 15.2. The fourth-order valence-electron chi connectivity index (χ4n) is 2.26. The number of nitrogens with one attached hydrogen (secondary N) is 1. The van der Waals surface area contributed by atoms with Crippen LogP contribution < -0.4 is 4.72 Å². The molecule has 1 N–H and O–H groups in total. The third-order valence-corrected chi connectivity index (χ3v) is 7.75. The van der Waals surface area contributed by atoms with Gasteiger partial charge in [-0.15, -0.1) is 0 Å². The van der Waals surface area contributed by atoms with Gasteiger partial charge in [0.05, 0.1) is 16.4 Å². The molecule has 1 saturated heterocycles. The van der Waals surface area contributed by atoms with Crippen molar-refractivity contribution in [2.75, 3.05) is 11.5 Å². The van der Waals surface area contributed by atoms with Crippen LogP contribution in [0.3, 0.4) is 0 Å². The maximum absolute atomic E-state index is 12.3. The van der Waals surface area contributed by atoms with Crippen LogP contribution in [0.1, 0.15) is 18.9 Å². The van der Waals surface area contributed by atoms with E-state index < -0.39 is 25.4 Å². The second-order valence-electron chi connectivity index (χ2n) is 5.42. The molecule has 1 atom stereocenters. The zero-order valence-corrected chi connectivity index (χ0v) is 14.4. The van der Waals surface area contributed by atoms with Crippen LogP contribution in [0.4, 0.5) is 0 Å². The molecule has 0 saturated carbocycles. The van der Waals surface area contributed by atoms with Crippen LogP contribution >= 0.6 is 15.9 Å². The molecule has 1 heterocycles. The van der Waals surface area contributed by atoms with Crippen molar-refractivity contribution in [3.8, 4) is 0 Å². The van der Waals surface area contributed by atoms with Gasteiger partial charge in [0.2, 0.25) is 10.0 Å². The molecular formula is C12H16BrNO4S2. The average molecular weight is 382 g/mol. The number of sulfone groups is 1. The highest BCUT2D eigenvalue weighted by atomic mass is 79.9. The van der Waals surface area contributed by atoms with Gasteiger partial charge in [0.15, 0.2) is 9.84 Å². The van der Waals surface area contributed by atoms with Crippen LogP contribution in [-0.2, 0) is 19.9 Å². The van der Waals surface area contributed by atoms with E-state index in [1.165, 1.54) is 6.07 Å². The number of hydrogen-bond donors (Lipinski definition) is 1. The van der Waals surface area contributed by atoms with E-state index in [1.54, 1.807) is 26.0 Å². The Balaban J connectivity index is 2.30. The molecular weight excluding hydrogens is 366 g/mol. The van der Waals surface area contributed by atoms with Crippen molar-refractivity contribution in [2.24, 2.45) is 0 Å². The highest BCUT2D eigenvalue weighted by molar-refractivity contribution is 9.10. The summed E-state index contributed by atoms with van der Waals surface area (Å²) in [5.74, 6) is -0.139. The Hall–Kier alpha value is -0.440. The van der Waals surface area contributed by atoms with Gasteiger partial charge in [0.1, 0.15) is 0 Å². The smallest absolute Gasteiger partial charge is 0.229 e. The Kier molecular flexibility index (Phi) is 4.05. The minimum Gasteiger partial charge on any atom is -0.229 e. The molecule has 8 heteroatoms. The summed E-state index contributed by atoms with van der Waals surface area (Å²) in [7, 11) is -6.88. The van der Waals surface area contributed by atoms with Crippen LogP contribution in [0.2, 0.25) is 0 Å². The summed E-state index contributed by atoms with van der Waals surface area (Å²) < 4.78 is 51.1. The minimum absolute atomic E-state index is 0.0192. The summed E-state index contributed by atoms with van der Waals surface area (Å²) in [5, 5.41) is 0. The zero-order valence-electron chi connectivity index (χ0n) is 11.2. The Morgan fingerprint density at radius 3 is 2.50 bits per heavy atom. The number of aryl methyl sites for hydroxylation is 1. The summed E-state index contributed by atoms with van der Waals surface area (Å²) in [4.78, 5) is 0.142. The second kappa shape index (κ2) is 5.08. The van der Waals surface area contributed by atoms with E-state index >= 15 is 0 Å². The van der Waals surface area contributed by atoms with Gasteiger partial charge in [-0.25, -0.2) is 21.6 Å². The highest BCUT2D eigenvalue weighted by Crippen LogP contribution is 2.26. The minimum atomic E-state index is -3.73.